The summed E-state index contributed by atoms with van der Waals surface area (Å²) in [4.78, 5) is 0. The van der Waals surface area contributed by atoms with E-state index in [1.165, 1.54) is 3.57 Å². The number of hydrogen-bond donors (Lipinski definition) is 0. The van der Waals surface area contributed by atoms with Crippen LogP contribution in [0.25, 0.3) is 11.6 Å². The van der Waals surface area contributed by atoms with Crippen LogP contribution in [-0.2, 0) is 0 Å². The summed E-state index contributed by atoms with van der Waals surface area (Å²) in [6.07, 6.45) is 5.74. The normalized spacial score (nSPS) is 11.5. The summed E-state index contributed by atoms with van der Waals surface area (Å²) in [7, 11) is 0. The molecule has 0 amide bonds. The SMILES string of the molecule is N#C/C(=C\C=C\c1ccccc1)c1ccc(I)cc1. The third-order valence-electron chi connectivity index (χ3n) is 2.63. The van der Waals surface area contributed by atoms with E-state index in [-0.39, 0.29) is 0 Å². The lowest BCUT2D eigenvalue weighted by Gasteiger charge is -1.97. The second kappa shape index (κ2) is 6.91. The third-order valence-corrected chi connectivity index (χ3v) is 3.35. The molecule has 0 radical (unpaired) electrons. The van der Waals surface area contributed by atoms with Crippen molar-refractivity contribution in [3.8, 4) is 6.07 Å². The molecule has 0 saturated heterocycles. The number of halogens is 1. The lowest BCUT2D eigenvalue weighted by Crippen LogP contribution is -1.81. The minimum absolute atomic E-state index is 0.670. The van der Waals surface area contributed by atoms with Crippen LogP contribution in [-0.4, -0.2) is 0 Å². The van der Waals surface area contributed by atoms with Crippen molar-refractivity contribution in [3.05, 3.63) is 81.4 Å². The van der Waals surface area contributed by atoms with Gasteiger partial charge in [0.05, 0.1) is 11.6 Å². The number of nitriles is 1. The van der Waals surface area contributed by atoms with Crippen molar-refractivity contribution in [1.29, 1.82) is 5.26 Å². The molecular weight excluding hydrogens is 345 g/mol. The zero-order chi connectivity index (χ0) is 13.5. The molecule has 0 bridgehead atoms. The Hall–Kier alpha value is -1.86. The number of hydrogen-bond acceptors (Lipinski definition) is 1. The Morgan fingerprint density at radius 1 is 1.00 bits per heavy atom. The van der Waals surface area contributed by atoms with Gasteiger partial charge in [-0.15, -0.1) is 0 Å². The van der Waals surface area contributed by atoms with E-state index in [9.17, 15) is 5.26 Å². The monoisotopic (exact) mass is 357 g/mol. The maximum atomic E-state index is 9.19. The first-order chi connectivity index (χ1) is 9.29. The first-order valence-electron chi connectivity index (χ1n) is 5.89. The van der Waals surface area contributed by atoms with E-state index < -0.39 is 0 Å². The molecule has 0 aromatic heterocycles. The van der Waals surface area contributed by atoms with Gasteiger partial charge in [0.25, 0.3) is 0 Å². The van der Waals surface area contributed by atoms with Crippen LogP contribution in [0.3, 0.4) is 0 Å². The summed E-state index contributed by atoms with van der Waals surface area (Å²) in [6.45, 7) is 0. The molecule has 0 aliphatic carbocycles. The standard InChI is InChI=1S/C17H12IN/c18-17-11-9-15(10-12-17)16(13-19)8-4-7-14-5-2-1-3-6-14/h1-12H/b7-4+,16-8+. The largest absolute Gasteiger partial charge is 0.192 e. The molecule has 0 saturated carbocycles. The van der Waals surface area contributed by atoms with Crippen LogP contribution in [0.2, 0.25) is 0 Å². The minimum atomic E-state index is 0.670. The number of allylic oxidation sites excluding steroid dienone is 3. The number of nitrogens with zero attached hydrogens (tertiary/aromatic N) is 1. The average Bonchev–Trinajstić information content (AvgIpc) is 2.46. The highest BCUT2D eigenvalue weighted by Crippen LogP contribution is 2.16. The second-order valence-corrected chi connectivity index (χ2v) is 5.21. The Balaban J connectivity index is 2.19. The molecule has 0 aliphatic rings. The van der Waals surface area contributed by atoms with Crippen molar-refractivity contribution < 1.29 is 0 Å². The maximum absolute atomic E-state index is 9.19. The summed E-state index contributed by atoms with van der Waals surface area (Å²) in [5, 5.41) is 9.19. The predicted octanol–water partition coefficient (Wildman–Crippen LogP) is 4.91. The van der Waals surface area contributed by atoms with Crippen LogP contribution in [0.15, 0.2) is 66.7 Å². The van der Waals surface area contributed by atoms with Gasteiger partial charge < -0.3 is 0 Å². The van der Waals surface area contributed by atoms with Gasteiger partial charge in [0.15, 0.2) is 0 Å². The van der Waals surface area contributed by atoms with Crippen molar-refractivity contribution >= 4 is 34.2 Å². The van der Waals surface area contributed by atoms with Crippen molar-refractivity contribution in [2.45, 2.75) is 0 Å². The fourth-order valence-corrected chi connectivity index (χ4v) is 2.01. The number of benzene rings is 2. The Labute approximate surface area is 127 Å². The fourth-order valence-electron chi connectivity index (χ4n) is 1.65. The molecule has 0 N–H and O–H groups in total. The lowest BCUT2D eigenvalue weighted by atomic mass is 10.1. The van der Waals surface area contributed by atoms with E-state index in [1.54, 1.807) is 0 Å². The van der Waals surface area contributed by atoms with Gasteiger partial charge in [-0.3, -0.25) is 0 Å². The first-order valence-corrected chi connectivity index (χ1v) is 6.97. The molecule has 2 aromatic rings. The zero-order valence-electron chi connectivity index (χ0n) is 10.3. The summed E-state index contributed by atoms with van der Waals surface area (Å²) in [5.74, 6) is 0. The Kier molecular flexibility index (Phi) is 4.93. The van der Waals surface area contributed by atoms with Crippen molar-refractivity contribution in [2.24, 2.45) is 0 Å². The lowest BCUT2D eigenvalue weighted by molar-refractivity contribution is 1.51. The molecule has 0 spiro atoms. The summed E-state index contributed by atoms with van der Waals surface area (Å²) in [5.41, 5.74) is 2.74. The van der Waals surface area contributed by atoms with Crippen molar-refractivity contribution in [2.75, 3.05) is 0 Å². The summed E-state index contributed by atoms with van der Waals surface area (Å²) >= 11 is 2.25. The smallest absolute Gasteiger partial charge is 0.0997 e. The maximum Gasteiger partial charge on any atom is 0.0997 e. The second-order valence-electron chi connectivity index (χ2n) is 3.97. The van der Waals surface area contributed by atoms with Crippen LogP contribution in [0.4, 0.5) is 0 Å². The molecule has 0 aliphatic heterocycles. The number of rotatable bonds is 3. The van der Waals surface area contributed by atoms with E-state index >= 15 is 0 Å². The van der Waals surface area contributed by atoms with Crippen LogP contribution in [0.5, 0.6) is 0 Å². The Morgan fingerprint density at radius 2 is 1.68 bits per heavy atom. The van der Waals surface area contributed by atoms with E-state index in [0.29, 0.717) is 5.57 Å². The van der Waals surface area contributed by atoms with E-state index in [0.717, 1.165) is 11.1 Å². The molecule has 2 rings (SSSR count). The van der Waals surface area contributed by atoms with Crippen molar-refractivity contribution in [3.63, 3.8) is 0 Å². The molecule has 92 valence electrons. The van der Waals surface area contributed by atoms with Crippen molar-refractivity contribution in [1.82, 2.24) is 0 Å². The molecule has 2 aromatic carbocycles. The van der Waals surface area contributed by atoms with Gasteiger partial charge in [0, 0.05) is 3.57 Å². The molecule has 0 atom stereocenters. The molecule has 2 heteroatoms. The van der Waals surface area contributed by atoms with Crippen LogP contribution in [0, 0.1) is 14.9 Å². The molecule has 0 fully saturated rings. The zero-order valence-corrected chi connectivity index (χ0v) is 12.4. The van der Waals surface area contributed by atoms with Gasteiger partial charge in [-0.2, -0.15) is 5.26 Å². The first kappa shape index (κ1) is 13.6. The summed E-state index contributed by atoms with van der Waals surface area (Å²) < 4.78 is 1.17. The highest BCUT2D eigenvalue weighted by atomic mass is 127. The van der Waals surface area contributed by atoms with Gasteiger partial charge in [0.1, 0.15) is 0 Å². The topological polar surface area (TPSA) is 23.8 Å². The predicted molar refractivity (Wildman–Crippen MR) is 88.2 cm³/mol. The van der Waals surface area contributed by atoms with Crippen LogP contribution < -0.4 is 0 Å². The van der Waals surface area contributed by atoms with Gasteiger partial charge in [-0.1, -0.05) is 54.6 Å². The van der Waals surface area contributed by atoms with E-state index in [2.05, 4.69) is 28.7 Å². The highest BCUT2D eigenvalue weighted by Gasteiger charge is 1.98. The third kappa shape index (κ3) is 4.08. The molecule has 0 heterocycles. The fraction of sp³-hybridized carbons (Fsp3) is 0. The van der Waals surface area contributed by atoms with Crippen LogP contribution >= 0.6 is 22.6 Å². The highest BCUT2D eigenvalue weighted by molar-refractivity contribution is 14.1. The van der Waals surface area contributed by atoms with Gasteiger partial charge in [-0.05, 0) is 51.9 Å². The van der Waals surface area contributed by atoms with E-state index in [1.807, 2.05) is 72.8 Å². The van der Waals surface area contributed by atoms with Crippen LogP contribution in [0.1, 0.15) is 11.1 Å². The Morgan fingerprint density at radius 3 is 2.32 bits per heavy atom. The molecule has 0 unspecified atom stereocenters. The minimum Gasteiger partial charge on any atom is -0.192 e. The Bertz CT molecular complexity index is 631. The molecular formula is C17H12IN. The quantitative estimate of drug-likeness (QED) is 0.435. The summed E-state index contributed by atoms with van der Waals surface area (Å²) in [6, 6.07) is 20.2. The van der Waals surface area contributed by atoms with E-state index in [4.69, 9.17) is 0 Å². The van der Waals surface area contributed by atoms with Gasteiger partial charge in [0.2, 0.25) is 0 Å². The molecule has 1 nitrogen and oxygen atoms in total. The van der Waals surface area contributed by atoms with Gasteiger partial charge >= 0.3 is 0 Å². The average molecular weight is 357 g/mol. The van der Waals surface area contributed by atoms with Gasteiger partial charge in [-0.25, -0.2) is 0 Å². The molecule has 19 heavy (non-hydrogen) atoms.